The topological polar surface area (TPSA) is 68.2 Å². The first-order valence-corrected chi connectivity index (χ1v) is 10.2. The van der Waals surface area contributed by atoms with Gasteiger partial charge in [0.15, 0.2) is 0 Å². The second kappa shape index (κ2) is 10.2. The molecular formula is C22H38O5. The quantitative estimate of drug-likeness (QED) is 0.446. The van der Waals surface area contributed by atoms with Gasteiger partial charge < -0.3 is 24.4 Å². The number of allylic oxidation sites excluding steroid dienone is 1. The molecule has 0 aromatic rings. The fourth-order valence-corrected chi connectivity index (χ4v) is 4.45. The fraction of sp³-hybridized carbons (Fsp3) is 0.818. The summed E-state index contributed by atoms with van der Waals surface area (Å²) in [5.41, 5.74) is 3.85. The van der Waals surface area contributed by atoms with Crippen LogP contribution in [0.3, 0.4) is 0 Å². The van der Waals surface area contributed by atoms with Crippen LogP contribution in [0.2, 0.25) is 0 Å². The maximum Gasteiger partial charge on any atom is 0.147 e. The predicted octanol–water partition coefficient (Wildman–Crippen LogP) is 3.60. The molecule has 1 aliphatic carbocycles. The second-order valence-corrected chi connectivity index (χ2v) is 8.51. The minimum Gasteiger partial charge on any atom is -0.396 e. The molecule has 2 rings (SSSR count). The molecule has 27 heavy (non-hydrogen) atoms. The van der Waals surface area contributed by atoms with Crippen LogP contribution >= 0.6 is 0 Å². The van der Waals surface area contributed by atoms with E-state index in [9.17, 15) is 5.11 Å². The molecule has 0 saturated carbocycles. The molecular weight excluding hydrogens is 344 g/mol. The lowest BCUT2D eigenvalue weighted by atomic mass is 9.61. The Hall–Kier alpha value is -0.720. The fourth-order valence-electron chi connectivity index (χ4n) is 4.45. The van der Waals surface area contributed by atoms with Crippen molar-refractivity contribution in [2.24, 2.45) is 11.3 Å². The van der Waals surface area contributed by atoms with Crippen molar-refractivity contribution in [2.45, 2.75) is 78.1 Å². The van der Waals surface area contributed by atoms with Gasteiger partial charge in [0.05, 0.1) is 18.8 Å². The van der Waals surface area contributed by atoms with Crippen LogP contribution in [0.25, 0.3) is 0 Å². The minimum atomic E-state index is -0.292. The smallest absolute Gasteiger partial charge is 0.147 e. The van der Waals surface area contributed by atoms with Gasteiger partial charge in [0.2, 0.25) is 0 Å². The molecule has 2 N–H and O–H groups in total. The largest absolute Gasteiger partial charge is 0.396 e. The van der Waals surface area contributed by atoms with E-state index in [1.807, 2.05) is 6.92 Å². The number of aliphatic hydroxyl groups excluding tert-OH is 2. The Balaban J connectivity index is 2.33. The van der Waals surface area contributed by atoms with Gasteiger partial charge >= 0.3 is 0 Å². The van der Waals surface area contributed by atoms with E-state index in [0.29, 0.717) is 12.5 Å². The predicted molar refractivity (Wildman–Crippen MR) is 106 cm³/mol. The van der Waals surface area contributed by atoms with E-state index in [1.54, 1.807) is 7.11 Å². The van der Waals surface area contributed by atoms with E-state index in [4.69, 9.17) is 19.3 Å². The van der Waals surface area contributed by atoms with Crippen LogP contribution in [-0.4, -0.2) is 55.6 Å². The van der Waals surface area contributed by atoms with Crippen molar-refractivity contribution in [1.82, 2.24) is 0 Å². The highest BCUT2D eigenvalue weighted by atomic mass is 16.7. The third-order valence-corrected chi connectivity index (χ3v) is 6.39. The summed E-state index contributed by atoms with van der Waals surface area (Å²) in [4.78, 5) is 0. The summed E-state index contributed by atoms with van der Waals surface area (Å²) in [5.74, 6) is 0.443. The van der Waals surface area contributed by atoms with E-state index in [-0.39, 0.29) is 37.1 Å². The van der Waals surface area contributed by atoms with Gasteiger partial charge in [-0.1, -0.05) is 25.5 Å². The average molecular weight is 383 g/mol. The van der Waals surface area contributed by atoms with Crippen molar-refractivity contribution in [1.29, 1.82) is 0 Å². The Kier molecular flexibility index (Phi) is 8.50. The summed E-state index contributed by atoms with van der Waals surface area (Å²) >= 11 is 0. The Labute approximate surface area is 164 Å². The molecule has 156 valence electrons. The van der Waals surface area contributed by atoms with E-state index < -0.39 is 0 Å². The standard InChI is InChI=1S/C22H38O5/c1-15(7-6-10-23)11-19-21-18(13-26-19)22(4,9-8-17(3)24)16(2)12-20(21)27-14-25-5/h11,16-17,19-20,23-24H,6-10,12-14H2,1-5H3/b15-11+/t16-,17?,19-,20+,22-/m1/s1. The zero-order valence-electron chi connectivity index (χ0n) is 17.7. The maximum atomic E-state index is 9.83. The van der Waals surface area contributed by atoms with Gasteiger partial charge in [-0.05, 0) is 68.4 Å². The maximum absolute atomic E-state index is 9.83. The summed E-state index contributed by atoms with van der Waals surface area (Å²) in [6.45, 7) is 9.66. The van der Waals surface area contributed by atoms with E-state index in [0.717, 1.165) is 32.1 Å². The second-order valence-electron chi connectivity index (χ2n) is 8.51. The molecule has 5 nitrogen and oxygen atoms in total. The number of aliphatic hydroxyl groups is 2. The molecule has 1 heterocycles. The normalized spacial score (nSPS) is 32.7. The molecule has 0 spiro atoms. The molecule has 0 aromatic heterocycles. The van der Waals surface area contributed by atoms with Crippen molar-refractivity contribution in [3.05, 3.63) is 22.8 Å². The minimum absolute atomic E-state index is 0.00367. The average Bonchev–Trinajstić information content (AvgIpc) is 3.05. The van der Waals surface area contributed by atoms with Gasteiger partial charge in [-0.3, -0.25) is 0 Å². The first-order valence-electron chi connectivity index (χ1n) is 10.2. The molecule has 5 atom stereocenters. The first-order chi connectivity index (χ1) is 12.8. The van der Waals surface area contributed by atoms with Gasteiger partial charge in [0.1, 0.15) is 12.9 Å². The summed E-state index contributed by atoms with van der Waals surface area (Å²) < 4.78 is 17.4. The first kappa shape index (κ1) is 22.6. The van der Waals surface area contributed by atoms with Crippen molar-refractivity contribution in [3.8, 4) is 0 Å². The van der Waals surface area contributed by atoms with E-state index >= 15 is 0 Å². The Bertz CT molecular complexity index is 539. The monoisotopic (exact) mass is 382 g/mol. The number of rotatable bonds is 10. The third-order valence-electron chi connectivity index (χ3n) is 6.39. The molecule has 0 radical (unpaired) electrons. The van der Waals surface area contributed by atoms with Crippen LogP contribution in [0, 0.1) is 11.3 Å². The summed E-state index contributed by atoms with van der Waals surface area (Å²) in [7, 11) is 1.65. The summed E-state index contributed by atoms with van der Waals surface area (Å²) in [5, 5.41) is 18.9. The van der Waals surface area contributed by atoms with Crippen molar-refractivity contribution in [3.63, 3.8) is 0 Å². The van der Waals surface area contributed by atoms with Gasteiger partial charge in [0.25, 0.3) is 0 Å². The number of ether oxygens (including phenoxy) is 3. The highest BCUT2D eigenvalue weighted by Gasteiger charge is 2.48. The molecule has 0 bridgehead atoms. The third kappa shape index (κ3) is 5.42. The van der Waals surface area contributed by atoms with Crippen LogP contribution < -0.4 is 0 Å². The summed E-state index contributed by atoms with van der Waals surface area (Å²) in [6, 6.07) is 0. The van der Waals surface area contributed by atoms with Crippen LogP contribution in [0.1, 0.15) is 59.8 Å². The molecule has 0 saturated heterocycles. The zero-order chi connectivity index (χ0) is 20.0. The molecule has 0 fully saturated rings. The van der Waals surface area contributed by atoms with Gasteiger partial charge in [0, 0.05) is 13.7 Å². The van der Waals surface area contributed by atoms with Crippen LogP contribution in [0.4, 0.5) is 0 Å². The Morgan fingerprint density at radius 2 is 2.19 bits per heavy atom. The number of methoxy groups -OCH3 is 1. The van der Waals surface area contributed by atoms with Crippen LogP contribution in [-0.2, 0) is 14.2 Å². The van der Waals surface area contributed by atoms with Gasteiger partial charge in [-0.15, -0.1) is 0 Å². The van der Waals surface area contributed by atoms with Crippen LogP contribution in [0.5, 0.6) is 0 Å². The molecule has 0 aromatic carbocycles. The zero-order valence-corrected chi connectivity index (χ0v) is 17.7. The van der Waals surface area contributed by atoms with Crippen LogP contribution in [0.15, 0.2) is 22.8 Å². The lowest BCUT2D eigenvalue weighted by Gasteiger charge is -2.44. The Morgan fingerprint density at radius 3 is 2.81 bits per heavy atom. The summed E-state index contributed by atoms with van der Waals surface area (Å²) in [6.07, 6.45) is 6.14. The molecule has 1 aliphatic heterocycles. The highest BCUT2D eigenvalue weighted by Crippen LogP contribution is 2.52. The number of hydrogen-bond donors (Lipinski definition) is 2. The molecule has 2 aliphatic rings. The highest BCUT2D eigenvalue weighted by molar-refractivity contribution is 5.39. The molecule has 5 heteroatoms. The van der Waals surface area contributed by atoms with Gasteiger partial charge in [-0.2, -0.15) is 0 Å². The van der Waals surface area contributed by atoms with Crippen molar-refractivity contribution in [2.75, 3.05) is 27.1 Å². The molecule has 1 unspecified atom stereocenters. The van der Waals surface area contributed by atoms with E-state index in [1.165, 1.54) is 16.7 Å². The SMILES string of the molecule is COCO[C@H]1C[C@@H](C)[C@@](C)(CCC(C)O)C2=C1[C@@H](/C=C(\C)CCCO)OC2. The Morgan fingerprint density at radius 1 is 1.44 bits per heavy atom. The lowest BCUT2D eigenvalue weighted by Crippen LogP contribution is -2.40. The number of hydrogen-bond acceptors (Lipinski definition) is 5. The molecule has 0 amide bonds. The van der Waals surface area contributed by atoms with Crippen molar-refractivity contribution >= 4 is 0 Å². The van der Waals surface area contributed by atoms with E-state index in [2.05, 4.69) is 26.8 Å². The van der Waals surface area contributed by atoms with Crippen molar-refractivity contribution < 1.29 is 24.4 Å². The lowest BCUT2D eigenvalue weighted by molar-refractivity contribution is -0.0762. The van der Waals surface area contributed by atoms with Gasteiger partial charge in [-0.25, -0.2) is 0 Å².